The fourth-order valence-corrected chi connectivity index (χ4v) is 1.48. The third-order valence-corrected chi connectivity index (χ3v) is 2.35. The number of hydrogen-bond acceptors (Lipinski definition) is 4. The SMILES string of the molecule is CCCC(OC=O)C(CC)COC(C)=O. The second kappa shape index (κ2) is 8.26. The van der Waals surface area contributed by atoms with Gasteiger partial charge in [-0.25, -0.2) is 0 Å². The predicted octanol–water partition coefficient (Wildman–Crippen LogP) is 1.92. The summed E-state index contributed by atoms with van der Waals surface area (Å²) in [5, 5.41) is 0. The van der Waals surface area contributed by atoms with E-state index >= 15 is 0 Å². The minimum absolute atomic E-state index is 0.0963. The Morgan fingerprint density at radius 1 is 1.40 bits per heavy atom. The predicted molar refractivity (Wildman–Crippen MR) is 56.3 cm³/mol. The molecule has 0 saturated heterocycles. The van der Waals surface area contributed by atoms with Crippen molar-refractivity contribution in [3.05, 3.63) is 0 Å². The first-order valence-electron chi connectivity index (χ1n) is 5.38. The number of hydrogen-bond donors (Lipinski definition) is 0. The molecule has 0 N–H and O–H groups in total. The molecule has 15 heavy (non-hydrogen) atoms. The lowest BCUT2D eigenvalue weighted by Gasteiger charge is -2.23. The van der Waals surface area contributed by atoms with Crippen molar-refractivity contribution in [3.8, 4) is 0 Å². The maximum atomic E-state index is 10.7. The first-order chi connectivity index (χ1) is 7.15. The molecule has 0 saturated carbocycles. The summed E-state index contributed by atoms with van der Waals surface area (Å²) in [6, 6.07) is 0. The lowest BCUT2D eigenvalue weighted by Crippen LogP contribution is -2.28. The highest BCUT2D eigenvalue weighted by Crippen LogP contribution is 2.17. The van der Waals surface area contributed by atoms with E-state index in [1.165, 1.54) is 6.92 Å². The van der Waals surface area contributed by atoms with E-state index in [-0.39, 0.29) is 18.0 Å². The van der Waals surface area contributed by atoms with Gasteiger partial charge in [0, 0.05) is 12.8 Å². The molecule has 0 radical (unpaired) electrons. The summed E-state index contributed by atoms with van der Waals surface area (Å²) in [4.78, 5) is 21.0. The Hall–Kier alpha value is -1.06. The summed E-state index contributed by atoms with van der Waals surface area (Å²) in [5.41, 5.74) is 0. The average Bonchev–Trinajstić information content (AvgIpc) is 2.19. The highest BCUT2D eigenvalue weighted by atomic mass is 16.5. The standard InChI is InChI=1S/C11H20O4/c1-4-6-11(15-8-12)10(5-2)7-14-9(3)13/h8,10-11H,4-7H2,1-3H3. The molecule has 0 aliphatic heterocycles. The Balaban J connectivity index is 4.16. The number of carbonyl (C=O) groups excluding carboxylic acids is 2. The molecule has 0 aromatic heterocycles. The average molecular weight is 216 g/mol. The first-order valence-corrected chi connectivity index (χ1v) is 5.38. The van der Waals surface area contributed by atoms with Crippen LogP contribution in [0.25, 0.3) is 0 Å². The van der Waals surface area contributed by atoms with Crippen LogP contribution in [0.3, 0.4) is 0 Å². The minimum Gasteiger partial charge on any atom is -0.465 e. The Morgan fingerprint density at radius 2 is 2.07 bits per heavy atom. The molecule has 0 aromatic rings. The number of carbonyl (C=O) groups is 2. The summed E-state index contributed by atoms with van der Waals surface area (Å²) >= 11 is 0. The van der Waals surface area contributed by atoms with Gasteiger partial charge in [-0.05, 0) is 12.8 Å². The monoisotopic (exact) mass is 216 g/mol. The summed E-state index contributed by atoms with van der Waals surface area (Å²) in [6.45, 7) is 6.19. The summed E-state index contributed by atoms with van der Waals surface area (Å²) in [7, 11) is 0. The third-order valence-electron chi connectivity index (χ3n) is 2.35. The molecular formula is C11H20O4. The zero-order valence-electron chi connectivity index (χ0n) is 9.69. The lowest BCUT2D eigenvalue weighted by molar-refractivity contribution is -0.146. The fraction of sp³-hybridized carbons (Fsp3) is 0.818. The third kappa shape index (κ3) is 6.10. The van der Waals surface area contributed by atoms with Crippen LogP contribution in [0.1, 0.15) is 40.0 Å². The molecule has 4 heteroatoms. The molecule has 0 heterocycles. The molecule has 0 fully saturated rings. The van der Waals surface area contributed by atoms with E-state index in [1.807, 2.05) is 13.8 Å². The zero-order chi connectivity index (χ0) is 11.7. The molecular weight excluding hydrogens is 196 g/mol. The van der Waals surface area contributed by atoms with E-state index in [2.05, 4.69) is 0 Å². The van der Waals surface area contributed by atoms with Crippen LogP contribution < -0.4 is 0 Å². The van der Waals surface area contributed by atoms with Crippen molar-refractivity contribution in [3.63, 3.8) is 0 Å². The smallest absolute Gasteiger partial charge is 0.302 e. The molecule has 2 unspecified atom stereocenters. The number of ether oxygens (including phenoxy) is 2. The van der Waals surface area contributed by atoms with E-state index in [0.29, 0.717) is 13.1 Å². The molecule has 0 amide bonds. The molecule has 4 nitrogen and oxygen atoms in total. The highest BCUT2D eigenvalue weighted by Gasteiger charge is 2.21. The van der Waals surface area contributed by atoms with Crippen LogP contribution in [0.4, 0.5) is 0 Å². The second-order valence-electron chi connectivity index (χ2n) is 3.53. The van der Waals surface area contributed by atoms with Gasteiger partial charge in [0.1, 0.15) is 6.10 Å². The molecule has 0 rings (SSSR count). The van der Waals surface area contributed by atoms with Gasteiger partial charge in [-0.2, -0.15) is 0 Å². The van der Waals surface area contributed by atoms with E-state index in [1.54, 1.807) is 0 Å². The molecule has 0 aromatic carbocycles. The van der Waals surface area contributed by atoms with Gasteiger partial charge in [0.05, 0.1) is 6.61 Å². The van der Waals surface area contributed by atoms with Gasteiger partial charge in [-0.1, -0.05) is 20.3 Å². The summed E-state index contributed by atoms with van der Waals surface area (Å²) < 4.78 is 9.93. The number of esters is 1. The van der Waals surface area contributed by atoms with Crippen LogP contribution in [0.2, 0.25) is 0 Å². The van der Waals surface area contributed by atoms with Gasteiger partial charge in [0.2, 0.25) is 0 Å². The quantitative estimate of drug-likeness (QED) is 0.459. The van der Waals surface area contributed by atoms with Gasteiger partial charge in [0.25, 0.3) is 6.47 Å². The Labute approximate surface area is 90.9 Å². The van der Waals surface area contributed by atoms with Crippen LogP contribution >= 0.6 is 0 Å². The van der Waals surface area contributed by atoms with Crippen molar-refractivity contribution in [1.82, 2.24) is 0 Å². The topological polar surface area (TPSA) is 52.6 Å². The Morgan fingerprint density at radius 3 is 2.47 bits per heavy atom. The lowest BCUT2D eigenvalue weighted by atomic mass is 9.97. The van der Waals surface area contributed by atoms with E-state index in [9.17, 15) is 9.59 Å². The molecule has 0 aliphatic rings. The largest absolute Gasteiger partial charge is 0.465 e. The van der Waals surface area contributed by atoms with Gasteiger partial charge in [-0.15, -0.1) is 0 Å². The van der Waals surface area contributed by atoms with Crippen LogP contribution in [0.15, 0.2) is 0 Å². The first kappa shape index (κ1) is 13.9. The maximum Gasteiger partial charge on any atom is 0.302 e. The van der Waals surface area contributed by atoms with Crippen LogP contribution in [0, 0.1) is 5.92 Å². The van der Waals surface area contributed by atoms with Crippen molar-refractivity contribution in [2.75, 3.05) is 6.61 Å². The summed E-state index contributed by atoms with van der Waals surface area (Å²) in [6.07, 6.45) is 2.43. The Bertz CT molecular complexity index is 191. The second-order valence-corrected chi connectivity index (χ2v) is 3.53. The minimum atomic E-state index is -0.296. The summed E-state index contributed by atoms with van der Waals surface area (Å²) in [5.74, 6) is -0.200. The van der Waals surface area contributed by atoms with Crippen molar-refractivity contribution in [2.24, 2.45) is 5.92 Å². The van der Waals surface area contributed by atoms with E-state index in [4.69, 9.17) is 9.47 Å². The van der Waals surface area contributed by atoms with Crippen molar-refractivity contribution < 1.29 is 19.1 Å². The number of rotatable bonds is 8. The maximum absolute atomic E-state index is 10.7. The highest BCUT2D eigenvalue weighted by molar-refractivity contribution is 5.65. The fourth-order valence-electron chi connectivity index (χ4n) is 1.48. The Kier molecular flexibility index (Phi) is 7.68. The van der Waals surface area contributed by atoms with Crippen molar-refractivity contribution >= 4 is 12.4 Å². The van der Waals surface area contributed by atoms with Crippen molar-refractivity contribution in [2.45, 2.75) is 46.1 Å². The van der Waals surface area contributed by atoms with Crippen LogP contribution in [0.5, 0.6) is 0 Å². The van der Waals surface area contributed by atoms with Gasteiger partial charge >= 0.3 is 5.97 Å². The zero-order valence-corrected chi connectivity index (χ0v) is 9.69. The van der Waals surface area contributed by atoms with Gasteiger partial charge < -0.3 is 9.47 Å². The molecule has 0 aliphatic carbocycles. The van der Waals surface area contributed by atoms with E-state index < -0.39 is 0 Å². The molecule has 0 bridgehead atoms. The van der Waals surface area contributed by atoms with Crippen LogP contribution in [-0.2, 0) is 19.1 Å². The molecule has 0 spiro atoms. The van der Waals surface area contributed by atoms with Gasteiger partial charge in [0.15, 0.2) is 0 Å². The van der Waals surface area contributed by atoms with Gasteiger partial charge in [-0.3, -0.25) is 9.59 Å². The van der Waals surface area contributed by atoms with Crippen LogP contribution in [-0.4, -0.2) is 25.2 Å². The molecule has 88 valence electrons. The normalized spacial score (nSPS) is 14.1. The van der Waals surface area contributed by atoms with E-state index in [0.717, 1.165) is 19.3 Å². The van der Waals surface area contributed by atoms with Crippen molar-refractivity contribution in [1.29, 1.82) is 0 Å². The molecule has 2 atom stereocenters.